The minimum absolute atomic E-state index is 0.0235. The van der Waals surface area contributed by atoms with E-state index in [1.807, 2.05) is 21.1 Å². The summed E-state index contributed by atoms with van der Waals surface area (Å²) in [6.07, 6.45) is 48.4. The van der Waals surface area contributed by atoms with Crippen LogP contribution in [0.25, 0.3) is 0 Å². The van der Waals surface area contributed by atoms with Gasteiger partial charge in [0.1, 0.15) is 19.8 Å². The molecule has 9 nitrogen and oxygen atoms in total. The van der Waals surface area contributed by atoms with E-state index in [0.29, 0.717) is 17.4 Å². The quantitative estimate of drug-likeness (QED) is 0.0213. The van der Waals surface area contributed by atoms with Crippen LogP contribution in [0.4, 0.5) is 0 Å². The second-order valence-corrected chi connectivity index (χ2v) is 17.9. The zero-order valence-electron chi connectivity index (χ0n) is 37.8. The number of likely N-dealkylation sites (N-methyl/N-ethyl adjacent to an activating group) is 1. The predicted molar refractivity (Wildman–Crippen MR) is 243 cm³/mol. The van der Waals surface area contributed by atoms with E-state index in [4.69, 9.17) is 18.5 Å². The minimum Gasteiger partial charge on any atom is -0.462 e. The topological polar surface area (TPSA) is 108 Å². The van der Waals surface area contributed by atoms with E-state index < -0.39 is 26.5 Å². The first-order valence-electron chi connectivity index (χ1n) is 23.0. The molecule has 0 saturated carbocycles. The molecule has 2 unspecified atom stereocenters. The van der Waals surface area contributed by atoms with Crippen LogP contribution >= 0.6 is 7.82 Å². The Kier molecular flexibility index (Phi) is 38.5. The van der Waals surface area contributed by atoms with Crippen molar-refractivity contribution in [1.82, 2.24) is 0 Å². The van der Waals surface area contributed by atoms with E-state index in [9.17, 15) is 19.0 Å². The van der Waals surface area contributed by atoms with Gasteiger partial charge in [-0.2, -0.15) is 0 Å². The molecule has 0 aromatic heterocycles. The van der Waals surface area contributed by atoms with Gasteiger partial charge >= 0.3 is 19.8 Å². The van der Waals surface area contributed by atoms with E-state index in [0.717, 1.165) is 83.5 Å². The van der Waals surface area contributed by atoms with Crippen LogP contribution in [0, 0.1) is 0 Å². The molecule has 0 aromatic rings. The molecule has 0 aliphatic rings. The largest absolute Gasteiger partial charge is 0.472 e. The van der Waals surface area contributed by atoms with Crippen molar-refractivity contribution in [2.24, 2.45) is 0 Å². The molecule has 336 valence electrons. The lowest BCUT2D eigenvalue weighted by molar-refractivity contribution is -0.870. The molecule has 0 aliphatic carbocycles. The predicted octanol–water partition coefficient (Wildman–Crippen LogP) is 13.2. The highest BCUT2D eigenvalue weighted by Gasteiger charge is 2.27. The number of carbonyl (C=O) groups excluding carboxylic acids is 2. The summed E-state index contributed by atoms with van der Waals surface area (Å²) in [4.78, 5) is 35.4. The van der Waals surface area contributed by atoms with Crippen LogP contribution in [0.3, 0.4) is 0 Å². The van der Waals surface area contributed by atoms with Crippen molar-refractivity contribution in [1.29, 1.82) is 0 Å². The van der Waals surface area contributed by atoms with Crippen molar-refractivity contribution in [2.45, 2.75) is 187 Å². The highest BCUT2D eigenvalue weighted by atomic mass is 31.2. The highest BCUT2D eigenvalue weighted by molar-refractivity contribution is 7.47. The van der Waals surface area contributed by atoms with E-state index in [1.165, 1.54) is 64.2 Å². The lowest BCUT2D eigenvalue weighted by Gasteiger charge is -2.24. The monoisotopic (exact) mass is 837 g/mol. The third-order valence-corrected chi connectivity index (χ3v) is 10.5. The molecule has 0 bridgehead atoms. The van der Waals surface area contributed by atoms with Gasteiger partial charge < -0.3 is 18.9 Å². The van der Waals surface area contributed by atoms with Crippen LogP contribution < -0.4 is 0 Å². The summed E-state index contributed by atoms with van der Waals surface area (Å²) in [6, 6.07) is 0. The second-order valence-electron chi connectivity index (χ2n) is 16.4. The lowest BCUT2D eigenvalue weighted by Crippen LogP contribution is -2.37. The molecule has 0 heterocycles. The van der Waals surface area contributed by atoms with Crippen LogP contribution in [0.1, 0.15) is 181 Å². The zero-order valence-corrected chi connectivity index (χ0v) is 38.7. The number of phosphoric acid groups is 1. The zero-order chi connectivity index (χ0) is 42.8. The molecular formula is C48H87NO8P+. The second kappa shape index (κ2) is 40.1. The Morgan fingerprint density at radius 1 is 0.552 bits per heavy atom. The summed E-state index contributed by atoms with van der Waals surface area (Å²) in [5.74, 6) is -0.833. The van der Waals surface area contributed by atoms with Gasteiger partial charge in [-0.15, -0.1) is 0 Å². The van der Waals surface area contributed by atoms with Gasteiger partial charge in [-0.1, -0.05) is 152 Å². The summed E-state index contributed by atoms with van der Waals surface area (Å²) in [7, 11) is 1.45. The fraction of sp³-hybridized carbons (Fsp3) is 0.750. The van der Waals surface area contributed by atoms with Crippen molar-refractivity contribution < 1.29 is 42.1 Å². The summed E-state index contributed by atoms with van der Waals surface area (Å²) in [6.45, 7) is 4.27. The Morgan fingerprint density at radius 2 is 0.983 bits per heavy atom. The maximum atomic E-state index is 12.7. The Balaban J connectivity index is 4.39. The van der Waals surface area contributed by atoms with Gasteiger partial charge in [0.05, 0.1) is 27.7 Å². The molecule has 0 spiro atoms. The third kappa shape index (κ3) is 43.3. The van der Waals surface area contributed by atoms with Gasteiger partial charge in [-0.3, -0.25) is 18.6 Å². The number of phosphoric ester groups is 1. The minimum atomic E-state index is -4.39. The summed E-state index contributed by atoms with van der Waals surface area (Å²) < 4.78 is 34.3. The number of allylic oxidation sites excluding steroid dienone is 10. The molecule has 10 heteroatoms. The SMILES string of the molecule is CC/C=C\C/C=C\C/C=C\C/C=C\CCCCCCC(=O)OC(COC(=O)CCCCCCCCC/C=C\CCCCCCCC)COP(=O)(O)OCC[N+](C)(C)C. The molecule has 1 N–H and O–H groups in total. The van der Waals surface area contributed by atoms with Crippen molar-refractivity contribution in [3.05, 3.63) is 60.8 Å². The fourth-order valence-corrected chi connectivity index (χ4v) is 6.68. The van der Waals surface area contributed by atoms with Crippen LogP contribution in [0.15, 0.2) is 60.8 Å². The van der Waals surface area contributed by atoms with E-state index in [1.54, 1.807) is 0 Å². The maximum Gasteiger partial charge on any atom is 0.472 e. The van der Waals surface area contributed by atoms with Gasteiger partial charge in [0, 0.05) is 12.8 Å². The Labute approximate surface area is 356 Å². The molecule has 0 amide bonds. The maximum absolute atomic E-state index is 12.7. The van der Waals surface area contributed by atoms with Crippen LogP contribution in [0.2, 0.25) is 0 Å². The number of unbranched alkanes of at least 4 members (excludes halogenated alkanes) is 17. The molecule has 0 radical (unpaired) electrons. The highest BCUT2D eigenvalue weighted by Crippen LogP contribution is 2.43. The van der Waals surface area contributed by atoms with Gasteiger partial charge in [-0.25, -0.2) is 4.57 Å². The summed E-state index contributed by atoms with van der Waals surface area (Å²) in [5, 5.41) is 0. The summed E-state index contributed by atoms with van der Waals surface area (Å²) >= 11 is 0. The molecule has 0 saturated heterocycles. The molecule has 0 aromatic carbocycles. The normalized spacial score (nSPS) is 14.1. The standard InChI is InChI=1S/C48H86NO8P/c1-6-8-10-12-14-16-18-20-22-24-26-28-30-32-34-36-38-40-47(50)54-44-46(45-56-58(52,53)55-43-42-49(3,4)5)57-48(51)41-39-37-35-33-31-29-27-25-23-21-19-17-15-13-11-9-7-2/h9,11,15,17,20-23,27,29,46H,6-8,10,12-14,16,18-19,24-26,28,30-45H2,1-5H3/p+1/b11-9-,17-15-,22-20-,23-21-,29-27-. The first-order chi connectivity index (χ1) is 28.0. The van der Waals surface area contributed by atoms with Gasteiger partial charge in [0.2, 0.25) is 0 Å². The lowest BCUT2D eigenvalue weighted by atomic mass is 10.1. The first-order valence-corrected chi connectivity index (χ1v) is 24.5. The molecule has 2 atom stereocenters. The van der Waals surface area contributed by atoms with E-state index in [-0.39, 0.29) is 32.0 Å². The number of ether oxygens (including phenoxy) is 2. The van der Waals surface area contributed by atoms with Crippen molar-refractivity contribution in [3.63, 3.8) is 0 Å². The van der Waals surface area contributed by atoms with Crippen LogP contribution in [0.5, 0.6) is 0 Å². The smallest absolute Gasteiger partial charge is 0.462 e. The third-order valence-electron chi connectivity index (χ3n) is 9.53. The first kappa shape index (κ1) is 55.7. The number of carbonyl (C=O) groups is 2. The van der Waals surface area contributed by atoms with E-state index >= 15 is 0 Å². The fourth-order valence-electron chi connectivity index (χ4n) is 5.94. The average molecular weight is 837 g/mol. The molecule has 0 aliphatic heterocycles. The molecular weight excluding hydrogens is 750 g/mol. The Morgan fingerprint density at radius 3 is 1.48 bits per heavy atom. The van der Waals surface area contributed by atoms with Gasteiger partial charge in [0.25, 0.3) is 0 Å². The van der Waals surface area contributed by atoms with Crippen LogP contribution in [-0.2, 0) is 32.7 Å². The number of nitrogens with zero attached hydrogens (tertiary/aromatic N) is 1. The Hall–Kier alpha value is -2.29. The van der Waals surface area contributed by atoms with Gasteiger partial charge in [0.15, 0.2) is 6.10 Å². The molecule has 0 fully saturated rings. The van der Waals surface area contributed by atoms with E-state index in [2.05, 4.69) is 74.6 Å². The van der Waals surface area contributed by atoms with Crippen molar-refractivity contribution in [2.75, 3.05) is 47.5 Å². The number of quaternary nitrogens is 1. The number of hydrogen-bond donors (Lipinski definition) is 1. The van der Waals surface area contributed by atoms with Crippen LogP contribution in [-0.4, -0.2) is 74.9 Å². The summed E-state index contributed by atoms with van der Waals surface area (Å²) in [5.41, 5.74) is 0. The number of hydrogen-bond acceptors (Lipinski definition) is 7. The Bertz CT molecular complexity index is 1170. The average Bonchev–Trinajstić information content (AvgIpc) is 3.17. The number of rotatable bonds is 41. The number of esters is 2. The van der Waals surface area contributed by atoms with Gasteiger partial charge in [-0.05, 0) is 77.0 Å². The van der Waals surface area contributed by atoms with Crippen molar-refractivity contribution >= 4 is 19.8 Å². The molecule has 58 heavy (non-hydrogen) atoms. The van der Waals surface area contributed by atoms with Crippen molar-refractivity contribution in [3.8, 4) is 0 Å². The molecule has 0 rings (SSSR count).